The van der Waals surface area contributed by atoms with Gasteiger partial charge in [-0.1, -0.05) is 25.0 Å². The van der Waals surface area contributed by atoms with Gasteiger partial charge in [0.15, 0.2) is 0 Å². The maximum absolute atomic E-state index is 11.1. The lowest BCUT2D eigenvalue weighted by Gasteiger charge is -2.24. The van der Waals surface area contributed by atoms with E-state index in [-0.39, 0.29) is 5.54 Å². The first-order valence-electron chi connectivity index (χ1n) is 5.76. The van der Waals surface area contributed by atoms with Crippen LogP contribution < -0.4 is 10.5 Å². The molecule has 94 valence electrons. The highest BCUT2D eigenvalue weighted by Gasteiger charge is 2.30. The molecule has 1 aromatic carbocycles. The highest BCUT2D eigenvalue weighted by molar-refractivity contribution is 7.92. The fourth-order valence-corrected chi connectivity index (χ4v) is 2.94. The molecule has 4 nitrogen and oxygen atoms in total. The van der Waals surface area contributed by atoms with Crippen molar-refractivity contribution in [1.29, 1.82) is 0 Å². The van der Waals surface area contributed by atoms with Gasteiger partial charge >= 0.3 is 0 Å². The van der Waals surface area contributed by atoms with Crippen LogP contribution in [0.15, 0.2) is 24.3 Å². The fraction of sp³-hybridized carbons (Fsp3) is 0.500. The van der Waals surface area contributed by atoms with E-state index in [4.69, 9.17) is 5.73 Å². The first kappa shape index (κ1) is 12.4. The molecule has 0 amide bonds. The zero-order valence-electron chi connectivity index (χ0n) is 9.94. The molecule has 5 heteroatoms. The van der Waals surface area contributed by atoms with Crippen LogP contribution in [0, 0.1) is 0 Å². The molecular formula is C12H18N2O2S. The quantitative estimate of drug-likeness (QED) is 0.863. The molecule has 0 heterocycles. The molecular weight excluding hydrogens is 236 g/mol. The van der Waals surface area contributed by atoms with Crippen molar-refractivity contribution < 1.29 is 8.42 Å². The van der Waals surface area contributed by atoms with E-state index in [1.807, 2.05) is 12.1 Å². The summed E-state index contributed by atoms with van der Waals surface area (Å²) in [7, 11) is -3.21. The number of hydrogen-bond acceptors (Lipinski definition) is 3. The predicted molar refractivity (Wildman–Crippen MR) is 69.2 cm³/mol. The van der Waals surface area contributed by atoms with Gasteiger partial charge in [-0.3, -0.25) is 4.72 Å². The summed E-state index contributed by atoms with van der Waals surface area (Å²) in [6.45, 7) is 0. The van der Waals surface area contributed by atoms with Crippen LogP contribution in [0.25, 0.3) is 0 Å². The van der Waals surface area contributed by atoms with Gasteiger partial charge in [0.2, 0.25) is 10.0 Å². The van der Waals surface area contributed by atoms with E-state index in [9.17, 15) is 8.42 Å². The average molecular weight is 254 g/mol. The summed E-state index contributed by atoms with van der Waals surface area (Å²) in [4.78, 5) is 0. The Morgan fingerprint density at radius 2 is 1.71 bits per heavy atom. The minimum Gasteiger partial charge on any atom is -0.321 e. The minimum absolute atomic E-state index is 0.219. The van der Waals surface area contributed by atoms with Crippen molar-refractivity contribution in [2.45, 2.75) is 31.2 Å². The SMILES string of the molecule is CS(=O)(=O)Nc1ccc(C2(N)CCCC2)cc1. The molecule has 1 aromatic rings. The lowest BCUT2D eigenvalue weighted by molar-refractivity contribution is 0.462. The van der Waals surface area contributed by atoms with Crippen LogP contribution in [0.4, 0.5) is 5.69 Å². The Morgan fingerprint density at radius 3 is 2.18 bits per heavy atom. The van der Waals surface area contributed by atoms with Crippen LogP contribution in [-0.4, -0.2) is 14.7 Å². The molecule has 0 radical (unpaired) electrons. The Labute approximate surface area is 102 Å². The first-order valence-corrected chi connectivity index (χ1v) is 7.65. The normalized spacial score (nSPS) is 19.2. The Balaban J connectivity index is 2.18. The van der Waals surface area contributed by atoms with E-state index < -0.39 is 10.0 Å². The second-order valence-corrected chi connectivity index (χ2v) is 6.56. The monoisotopic (exact) mass is 254 g/mol. The molecule has 2 rings (SSSR count). The Bertz CT molecular complexity index is 488. The van der Waals surface area contributed by atoms with Gasteiger partial charge in [-0.15, -0.1) is 0 Å². The molecule has 0 saturated heterocycles. The van der Waals surface area contributed by atoms with E-state index in [1.165, 1.54) is 12.8 Å². The van der Waals surface area contributed by atoms with Gasteiger partial charge < -0.3 is 5.73 Å². The van der Waals surface area contributed by atoms with Crippen LogP contribution in [0.2, 0.25) is 0 Å². The Kier molecular flexibility index (Phi) is 3.14. The summed E-state index contributed by atoms with van der Waals surface area (Å²) < 4.78 is 24.6. The van der Waals surface area contributed by atoms with Gasteiger partial charge in [-0.2, -0.15) is 0 Å². The van der Waals surface area contributed by atoms with Crippen molar-refractivity contribution in [3.63, 3.8) is 0 Å². The van der Waals surface area contributed by atoms with E-state index in [0.717, 1.165) is 24.7 Å². The molecule has 0 atom stereocenters. The summed E-state index contributed by atoms with van der Waals surface area (Å²) >= 11 is 0. The number of anilines is 1. The second kappa shape index (κ2) is 4.31. The highest BCUT2D eigenvalue weighted by atomic mass is 32.2. The Hall–Kier alpha value is -1.07. The summed E-state index contributed by atoms with van der Waals surface area (Å²) in [5, 5.41) is 0. The first-order chi connectivity index (χ1) is 7.89. The Morgan fingerprint density at radius 1 is 1.18 bits per heavy atom. The van der Waals surface area contributed by atoms with Crippen molar-refractivity contribution in [3.05, 3.63) is 29.8 Å². The molecule has 3 N–H and O–H groups in total. The van der Waals surface area contributed by atoms with Crippen LogP contribution in [0.3, 0.4) is 0 Å². The molecule has 0 bridgehead atoms. The maximum Gasteiger partial charge on any atom is 0.229 e. The summed E-state index contributed by atoms with van der Waals surface area (Å²) in [6, 6.07) is 7.37. The molecule has 1 saturated carbocycles. The largest absolute Gasteiger partial charge is 0.321 e. The minimum atomic E-state index is -3.21. The molecule has 1 aliphatic rings. The lowest BCUT2D eigenvalue weighted by atomic mass is 9.89. The molecule has 0 aliphatic heterocycles. The third kappa shape index (κ3) is 2.98. The summed E-state index contributed by atoms with van der Waals surface area (Å²) in [6.07, 6.45) is 5.49. The zero-order chi connectivity index (χ0) is 12.5. The van der Waals surface area contributed by atoms with Gasteiger partial charge in [-0.25, -0.2) is 8.42 Å². The van der Waals surface area contributed by atoms with E-state index in [1.54, 1.807) is 12.1 Å². The number of nitrogens with two attached hydrogens (primary N) is 1. The fourth-order valence-electron chi connectivity index (χ4n) is 2.38. The molecule has 0 spiro atoms. The lowest BCUT2D eigenvalue weighted by Crippen LogP contribution is -2.32. The van der Waals surface area contributed by atoms with Crippen LogP contribution in [0.1, 0.15) is 31.2 Å². The van der Waals surface area contributed by atoms with Gasteiger partial charge in [0.25, 0.3) is 0 Å². The van der Waals surface area contributed by atoms with E-state index in [0.29, 0.717) is 5.69 Å². The van der Waals surface area contributed by atoms with Crippen molar-refractivity contribution in [2.24, 2.45) is 5.73 Å². The maximum atomic E-state index is 11.1. The van der Waals surface area contributed by atoms with Crippen LogP contribution in [-0.2, 0) is 15.6 Å². The number of rotatable bonds is 3. The number of nitrogens with one attached hydrogen (secondary N) is 1. The van der Waals surface area contributed by atoms with Crippen LogP contribution >= 0.6 is 0 Å². The van der Waals surface area contributed by atoms with Crippen molar-refractivity contribution in [2.75, 3.05) is 11.0 Å². The van der Waals surface area contributed by atoms with Crippen molar-refractivity contribution >= 4 is 15.7 Å². The molecule has 17 heavy (non-hydrogen) atoms. The van der Waals surface area contributed by atoms with Crippen molar-refractivity contribution in [1.82, 2.24) is 0 Å². The molecule has 1 fully saturated rings. The van der Waals surface area contributed by atoms with Crippen molar-refractivity contribution in [3.8, 4) is 0 Å². The smallest absolute Gasteiger partial charge is 0.229 e. The van der Waals surface area contributed by atoms with E-state index >= 15 is 0 Å². The van der Waals surface area contributed by atoms with Gasteiger partial charge in [0.1, 0.15) is 0 Å². The highest BCUT2D eigenvalue weighted by Crippen LogP contribution is 2.36. The zero-order valence-corrected chi connectivity index (χ0v) is 10.8. The van der Waals surface area contributed by atoms with E-state index in [2.05, 4.69) is 4.72 Å². The van der Waals surface area contributed by atoms with Crippen LogP contribution in [0.5, 0.6) is 0 Å². The second-order valence-electron chi connectivity index (χ2n) is 4.81. The standard InChI is InChI=1S/C12H18N2O2S/c1-17(15,16)14-11-6-4-10(5-7-11)12(13)8-2-3-9-12/h4-7,14H,2-3,8-9,13H2,1H3. The summed E-state index contributed by atoms with van der Waals surface area (Å²) in [5.74, 6) is 0. The number of sulfonamides is 1. The average Bonchev–Trinajstić information content (AvgIpc) is 2.65. The number of hydrogen-bond donors (Lipinski definition) is 2. The predicted octanol–water partition coefficient (Wildman–Crippen LogP) is 1.79. The summed E-state index contributed by atoms with van der Waals surface area (Å²) in [5.41, 5.74) is 7.77. The molecule has 0 aromatic heterocycles. The third-order valence-electron chi connectivity index (χ3n) is 3.26. The third-order valence-corrected chi connectivity index (χ3v) is 3.87. The van der Waals surface area contributed by atoms with Gasteiger partial charge in [0, 0.05) is 11.2 Å². The van der Waals surface area contributed by atoms with Gasteiger partial charge in [-0.05, 0) is 30.5 Å². The molecule has 0 unspecified atom stereocenters. The van der Waals surface area contributed by atoms with Gasteiger partial charge in [0.05, 0.1) is 6.26 Å². The topological polar surface area (TPSA) is 72.2 Å². The number of benzene rings is 1. The molecule has 1 aliphatic carbocycles.